The summed E-state index contributed by atoms with van der Waals surface area (Å²) in [6, 6.07) is 12.4. The molecule has 0 aliphatic carbocycles. The Morgan fingerprint density at radius 3 is 3.04 bits per heavy atom. The highest BCUT2D eigenvalue weighted by molar-refractivity contribution is 7.16. The van der Waals surface area contributed by atoms with Crippen LogP contribution in [-0.4, -0.2) is 22.3 Å². The summed E-state index contributed by atoms with van der Waals surface area (Å²) in [5.74, 6) is -0.0716. The number of thiazole rings is 1. The van der Waals surface area contributed by atoms with Gasteiger partial charge < -0.3 is 0 Å². The number of fused-ring (bicyclic) bond motifs is 1. The van der Waals surface area contributed by atoms with Crippen LogP contribution in [0, 0.1) is 6.92 Å². The Balaban J connectivity index is 1.43. The fourth-order valence-electron chi connectivity index (χ4n) is 3.07. The minimum Gasteiger partial charge on any atom is -0.297 e. The van der Waals surface area contributed by atoms with Gasteiger partial charge in [-0.25, -0.2) is 4.98 Å². The number of nitrogens with zero attached hydrogens (tertiary/aromatic N) is 2. The quantitative estimate of drug-likeness (QED) is 0.745. The van der Waals surface area contributed by atoms with Gasteiger partial charge in [-0.3, -0.25) is 15.0 Å². The number of benzene rings is 1. The number of aryl methyl sites for hydroxylation is 1. The van der Waals surface area contributed by atoms with E-state index in [4.69, 9.17) is 0 Å². The number of aromatic nitrogens is 1. The van der Waals surface area contributed by atoms with Gasteiger partial charge in [-0.2, -0.15) is 0 Å². The Morgan fingerprint density at radius 2 is 2.24 bits per heavy atom. The average molecular weight is 370 g/mol. The molecule has 25 heavy (non-hydrogen) atoms. The monoisotopic (exact) mass is 369 g/mol. The molecule has 0 saturated carbocycles. The van der Waals surface area contributed by atoms with Gasteiger partial charge in [-0.05, 0) is 23.9 Å². The first-order chi connectivity index (χ1) is 12.2. The van der Waals surface area contributed by atoms with Crippen molar-refractivity contribution in [2.75, 3.05) is 11.9 Å². The van der Waals surface area contributed by atoms with Crippen LogP contribution >= 0.6 is 22.7 Å². The van der Waals surface area contributed by atoms with Crippen molar-refractivity contribution in [2.45, 2.75) is 26.4 Å². The summed E-state index contributed by atoms with van der Waals surface area (Å²) in [6.07, 6.45) is 0.937. The third-order valence-electron chi connectivity index (χ3n) is 4.26. The number of hydrogen-bond acceptors (Lipinski definition) is 5. The molecule has 2 aromatic heterocycles. The number of nitrogens with one attached hydrogen (secondary N) is 1. The van der Waals surface area contributed by atoms with E-state index in [1.54, 1.807) is 11.3 Å². The molecule has 0 radical (unpaired) electrons. The van der Waals surface area contributed by atoms with E-state index in [2.05, 4.69) is 46.4 Å². The smallest absolute Gasteiger partial charge is 0.267 e. The van der Waals surface area contributed by atoms with Crippen LogP contribution in [0.15, 0.2) is 41.8 Å². The number of carbonyl (C=O) groups is 1. The lowest BCUT2D eigenvalue weighted by atomic mass is 10.1. The molecule has 0 saturated heterocycles. The maximum Gasteiger partial charge on any atom is 0.267 e. The molecular weight excluding hydrogens is 350 g/mol. The number of thiophene rings is 1. The number of hydrogen-bond donors (Lipinski definition) is 1. The maximum atomic E-state index is 12.2. The number of anilines is 1. The number of carbonyl (C=O) groups excluding carboxylic acids is 1. The number of amides is 1. The molecule has 3 heterocycles. The fraction of sp³-hybridized carbons (Fsp3) is 0.263. The topological polar surface area (TPSA) is 45.2 Å². The van der Waals surface area contributed by atoms with Crippen LogP contribution < -0.4 is 5.32 Å². The summed E-state index contributed by atoms with van der Waals surface area (Å²) in [4.78, 5) is 21.2. The SMILES string of the molecule is Cc1cccc(CN2CCc3nc(NC(=O)c4cccs4)sc3C2)c1. The standard InChI is InChI=1S/C19H19N3OS2/c1-13-4-2-5-14(10-13)11-22-8-7-15-17(12-22)25-19(20-15)21-18(23)16-6-3-9-24-16/h2-6,9-10H,7-8,11-12H2,1H3,(H,20,21,23). The summed E-state index contributed by atoms with van der Waals surface area (Å²) >= 11 is 3.04. The zero-order valence-electron chi connectivity index (χ0n) is 14.0. The molecule has 0 atom stereocenters. The molecule has 4 nitrogen and oxygen atoms in total. The third kappa shape index (κ3) is 3.81. The van der Waals surface area contributed by atoms with E-state index in [-0.39, 0.29) is 5.91 Å². The normalized spacial score (nSPS) is 14.3. The van der Waals surface area contributed by atoms with Crippen LogP contribution in [0.2, 0.25) is 0 Å². The molecule has 1 amide bonds. The van der Waals surface area contributed by atoms with E-state index >= 15 is 0 Å². The highest BCUT2D eigenvalue weighted by Crippen LogP contribution is 2.29. The molecule has 0 bridgehead atoms. The molecule has 4 rings (SSSR count). The fourth-order valence-corrected chi connectivity index (χ4v) is 4.74. The molecule has 1 aliphatic heterocycles. The summed E-state index contributed by atoms with van der Waals surface area (Å²) in [6.45, 7) is 4.98. The van der Waals surface area contributed by atoms with Crippen molar-refractivity contribution in [1.82, 2.24) is 9.88 Å². The molecule has 0 spiro atoms. The Kier molecular flexibility index (Phi) is 4.65. The predicted molar refractivity (Wildman–Crippen MR) is 103 cm³/mol. The molecular formula is C19H19N3OS2. The summed E-state index contributed by atoms with van der Waals surface area (Å²) in [5.41, 5.74) is 3.78. The lowest BCUT2D eigenvalue weighted by Gasteiger charge is -2.25. The van der Waals surface area contributed by atoms with Crippen molar-refractivity contribution in [3.8, 4) is 0 Å². The molecule has 0 fully saturated rings. The zero-order chi connectivity index (χ0) is 17.2. The van der Waals surface area contributed by atoms with E-state index in [0.29, 0.717) is 10.0 Å². The van der Waals surface area contributed by atoms with Crippen molar-refractivity contribution in [2.24, 2.45) is 0 Å². The second-order valence-electron chi connectivity index (χ2n) is 6.27. The minimum absolute atomic E-state index is 0.0716. The molecule has 1 N–H and O–H groups in total. The third-order valence-corrected chi connectivity index (χ3v) is 6.13. The van der Waals surface area contributed by atoms with Gasteiger partial charge in [0.05, 0.1) is 10.6 Å². The molecule has 3 aromatic rings. The summed E-state index contributed by atoms with van der Waals surface area (Å²) < 4.78 is 0. The van der Waals surface area contributed by atoms with Crippen molar-refractivity contribution < 1.29 is 4.79 Å². The minimum atomic E-state index is -0.0716. The molecule has 0 unspecified atom stereocenters. The van der Waals surface area contributed by atoms with Crippen LogP contribution in [0.5, 0.6) is 0 Å². The lowest BCUT2D eigenvalue weighted by Crippen LogP contribution is -2.29. The van der Waals surface area contributed by atoms with Crippen LogP contribution in [0.3, 0.4) is 0 Å². The van der Waals surface area contributed by atoms with Crippen LogP contribution in [0.1, 0.15) is 31.4 Å². The highest BCUT2D eigenvalue weighted by atomic mass is 32.1. The first kappa shape index (κ1) is 16.4. The Morgan fingerprint density at radius 1 is 1.32 bits per heavy atom. The number of rotatable bonds is 4. The van der Waals surface area contributed by atoms with E-state index in [9.17, 15) is 4.79 Å². The van der Waals surface area contributed by atoms with Gasteiger partial charge in [0, 0.05) is 30.9 Å². The second-order valence-corrected chi connectivity index (χ2v) is 8.30. The Hall–Kier alpha value is -2.02. The van der Waals surface area contributed by atoms with Gasteiger partial charge in [-0.15, -0.1) is 22.7 Å². The van der Waals surface area contributed by atoms with Gasteiger partial charge in [0.15, 0.2) is 5.13 Å². The van der Waals surface area contributed by atoms with E-state index in [1.807, 2.05) is 17.5 Å². The van der Waals surface area contributed by atoms with E-state index in [1.165, 1.54) is 27.3 Å². The van der Waals surface area contributed by atoms with Gasteiger partial charge in [0.2, 0.25) is 0 Å². The van der Waals surface area contributed by atoms with Crippen LogP contribution in [0.25, 0.3) is 0 Å². The first-order valence-corrected chi connectivity index (χ1v) is 9.98. The van der Waals surface area contributed by atoms with Crippen LogP contribution in [0.4, 0.5) is 5.13 Å². The van der Waals surface area contributed by atoms with Crippen molar-refractivity contribution >= 4 is 33.7 Å². The van der Waals surface area contributed by atoms with E-state index in [0.717, 1.165) is 31.7 Å². The summed E-state index contributed by atoms with van der Waals surface area (Å²) in [5, 5.41) is 5.55. The maximum absolute atomic E-state index is 12.2. The second kappa shape index (κ2) is 7.07. The first-order valence-electron chi connectivity index (χ1n) is 8.29. The van der Waals surface area contributed by atoms with Gasteiger partial charge in [0.1, 0.15) is 0 Å². The van der Waals surface area contributed by atoms with Gasteiger partial charge >= 0.3 is 0 Å². The van der Waals surface area contributed by atoms with Crippen molar-refractivity contribution in [3.63, 3.8) is 0 Å². The van der Waals surface area contributed by atoms with Gasteiger partial charge in [-0.1, -0.05) is 35.9 Å². The molecule has 1 aromatic carbocycles. The van der Waals surface area contributed by atoms with Gasteiger partial charge in [0.25, 0.3) is 5.91 Å². The van der Waals surface area contributed by atoms with E-state index < -0.39 is 0 Å². The Labute approximate surface area is 155 Å². The highest BCUT2D eigenvalue weighted by Gasteiger charge is 2.21. The van der Waals surface area contributed by atoms with Crippen molar-refractivity contribution in [1.29, 1.82) is 0 Å². The molecule has 128 valence electrons. The average Bonchev–Trinajstić information content (AvgIpc) is 3.23. The lowest BCUT2D eigenvalue weighted by molar-refractivity contribution is 0.103. The predicted octanol–water partition coefficient (Wildman–Crippen LogP) is 4.32. The van der Waals surface area contributed by atoms with Crippen LogP contribution in [-0.2, 0) is 19.5 Å². The summed E-state index contributed by atoms with van der Waals surface area (Å²) in [7, 11) is 0. The zero-order valence-corrected chi connectivity index (χ0v) is 15.6. The molecule has 1 aliphatic rings. The van der Waals surface area contributed by atoms with Crippen molar-refractivity contribution in [3.05, 3.63) is 68.4 Å². The largest absolute Gasteiger partial charge is 0.297 e. The molecule has 6 heteroatoms. The Bertz CT molecular complexity index is 886.